The van der Waals surface area contributed by atoms with Crippen LogP contribution in [0.5, 0.6) is 0 Å². The van der Waals surface area contributed by atoms with E-state index in [4.69, 9.17) is 11.5 Å². The van der Waals surface area contributed by atoms with Crippen molar-refractivity contribution in [3.05, 3.63) is 59.7 Å². The van der Waals surface area contributed by atoms with Crippen molar-refractivity contribution in [1.29, 1.82) is 0 Å². The van der Waals surface area contributed by atoms with Gasteiger partial charge in [-0.3, -0.25) is 9.59 Å². The first-order chi connectivity index (χ1) is 10.6. The molecule has 106 valence electrons. The lowest BCUT2D eigenvalue weighted by molar-refractivity contribution is 0.0992. The van der Waals surface area contributed by atoms with E-state index >= 15 is 0 Å². The molecule has 0 spiro atoms. The first-order valence-corrected chi connectivity index (χ1v) is 6.87. The normalized spacial score (nSPS) is 11.5. The van der Waals surface area contributed by atoms with Gasteiger partial charge in [-0.2, -0.15) is 0 Å². The summed E-state index contributed by atoms with van der Waals surface area (Å²) in [7, 11) is 0. The fraction of sp³-hybridized carbons (Fsp3) is 0. The molecule has 4 bridgehead atoms. The largest absolute Gasteiger partial charge is 0.366 e. The number of benzene rings is 3. The number of hydrogen-bond donors (Lipinski definition) is 2. The van der Waals surface area contributed by atoms with Gasteiger partial charge in [0.1, 0.15) is 0 Å². The van der Waals surface area contributed by atoms with Crippen molar-refractivity contribution in [2.45, 2.75) is 0 Å². The highest BCUT2D eigenvalue weighted by molar-refractivity contribution is 6.16. The average molecular weight is 288 g/mol. The second-order valence-corrected chi connectivity index (χ2v) is 5.42. The molecule has 0 aliphatic heterocycles. The Labute approximate surface area is 126 Å². The maximum Gasteiger partial charge on any atom is 0.249 e. The van der Waals surface area contributed by atoms with E-state index in [0.717, 1.165) is 33.0 Å². The summed E-state index contributed by atoms with van der Waals surface area (Å²) in [5.74, 6) is -0.924. The van der Waals surface area contributed by atoms with Gasteiger partial charge in [0, 0.05) is 11.1 Å². The van der Waals surface area contributed by atoms with Gasteiger partial charge in [0.2, 0.25) is 11.8 Å². The Kier molecular flexibility index (Phi) is 2.39. The molecule has 0 saturated carbocycles. The number of hydrogen-bond acceptors (Lipinski definition) is 2. The van der Waals surface area contributed by atoms with Gasteiger partial charge >= 0.3 is 0 Å². The van der Waals surface area contributed by atoms with Crippen LogP contribution < -0.4 is 11.5 Å². The second-order valence-electron chi connectivity index (χ2n) is 5.42. The van der Waals surface area contributed by atoms with Gasteiger partial charge in [-0.25, -0.2) is 0 Å². The van der Waals surface area contributed by atoms with E-state index in [9.17, 15) is 9.59 Å². The minimum atomic E-state index is -0.474. The van der Waals surface area contributed by atoms with Crippen LogP contribution in [-0.4, -0.2) is 11.8 Å². The van der Waals surface area contributed by atoms with Crippen LogP contribution in [-0.2, 0) is 0 Å². The molecule has 0 radical (unpaired) electrons. The van der Waals surface area contributed by atoms with Crippen LogP contribution in [0.15, 0.2) is 48.5 Å². The van der Waals surface area contributed by atoms with Gasteiger partial charge < -0.3 is 11.5 Å². The summed E-state index contributed by atoms with van der Waals surface area (Å²) in [5, 5.41) is 1.75. The van der Waals surface area contributed by atoms with Crippen molar-refractivity contribution < 1.29 is 9.59 Å². The van der Waals surface area contributed by atoms with E-state index in [1.165, 1.54) is 0 Å². The molecule has 4 nitrogen and oxygen atoms in total. The van der Waals surface area contributed by atoms with Crippen molar-refractivity contribution in [3.8, 4) is 22.3 Å². The third-order valence-electron chi connectivity index (χ3n) is 4.16. The number of carbonyl (C=O) groups excluding carboxylic acids is 2. The third-order valence-corrected chi connectivity index (χ3v) is 4.16. The lowest BCUT2D eigenvalue weighted by Crippen LogP contribution is -2.14. The second kappa shape index (κ2) is 4.18. The van der Waals surface area contributed by atoms with Crippen LogP contribution in [0, 0.1) is 0 Å². The van der Waals surface area contributed by atoms with E-state index in [-0.39, 0.29) is 0 Å². The Bertz CT molecular complexity index is 973. The van der Waals surface area contributed by atoms with Crippen molar-refractivity contribution >= 4 is 22.6 Å². The predicted molar refractivity (Wildman–Crippen MR) is 85.4 cm³/mol. The standard InChI is InChI=1S/C18H12N2O2/c19-17(21)11-5-6-13-12(7-11)8-14-9-1-3-10(4-2-9)15(13)16(14)18(20)22/h1-8H,(H2,19,21)(H2,20,22). The van der Waals surface area contributed by atoms with E-state index in [1.54, 1.807) is 12.1 Å². The Balaban J connectivity index is 2.21. The van der Waals surface area contributed by atoms with Gasteiger partial charge in [-0.15, -0.1) is 0 Å². The van der Waals surface area contributed by atoms with Crippen LogP contribution in [0.3, 0.4) is 0 Å². The van der Waals surface area contributed by atoms with Gasteiger partial charge in [0.15, 0.2) is 0 Å². The molecule has 5 rings (SSSR count). The molecule has 0 saturated heterocycles. The fourth-order valence-corrected chi connectivity index (χ4v) is 3.16. The molecule has 2 aliphatic carbocycles. The molecular formula is C18H12N2O2. The van der Waals surface area contributed by atoms with Gasteiger partial charge in [-0.05, 0) is 45.7 Å². The predicted octanol–water partition coefficient (Wildman–Crippen LogP) is 2.69. The van der Waals surface area contributed by atoms with Crippen LogP contribution in [0.4, 0.5) is 0 Å². The highest BCUT2D eigenvalue weighted by Gasteiger charge is 2.23. The van der Waals surface area contributed by atoms with Gasteiger partial charge in [0.25, 0.3) is 0 Å². The first-order valence-electron chi connectivity index (χ1n) is 6.87. The van der Waals surface area contributed by atoms with Crippen LogP contribution >= 0.6 is 0 Å². The van der Waals surface area contributed by atoms with Crippen molar-refractivity contribution in [2.75, 3.05) is 0 Å². The fourth-order valence-electron chi connectivity index (χ4n) is 3.16. The molecule has 2 amide bonds. The zero-order valence-corrected chi connectivity index (χ0v) is 11.6. The zero-order valence-electron chi connectivity index (χ0n) is 11.6. The Hall–Kier alpha value is -3.14. The zero-order chi connectivity index (χ0) is 15.4. The molecule has 0 atom stereocenters. The average Bonchev–Trinajstić information content (AvgIpc) is 2.69. The van der Waals surface area contributed by atoms with E-state index in [0.29, 0.717) is 11.1 Å². The number of carbonyl (C=O) groups is 2. The minimum absolute atomic E-state index is 0.443. The summed E-state index contributed by atoms with van der Waals surface area (Å²) in [6.45, 7) is 0. The topological polar surface area (TPSA) is 86.2 Å². The summed E-state index contributed by atoms with van der Waals surface area (Å²) in [6.07, 6.45) is 0. The maximum atomic E-state index is 12.0. The van der Waals surface area contributed by atoms with E-state index in [2.05, 4.69) is 0 Å². The third kappa shape index (κ3) is 1.58. The minimum Gasteiger partial charge on any atom is -0.366 e. The summed E-state index contributed by atoms with van der Waals surface area (Å²) in [5.41, 5.74) is 15.4. The highest BCUT2D eigenvalue weighted by Crippen LogP contribution is 2.42. The molecular weight excluding hydrogens is 276 g/mol. The monoisotopic (exact) mass is 288 g/mol. The maximum absolute atomic E-state index is 12.0. The summed E-state index contributed by atoms with van der Waals surface area (Å²) >= 11 is 0. The Morgan fingerprint density at radius 1 is 0.773 bits per heavy atom. The number of fused-ring (bicyclic) bond motifs is 3. The molecule has 3 aromatic rings. The number of primary amides is 2. The van der Waals surface area contributed by atoms with Crippen LogP contribution in [0.1, 0.15) is 20.7 Å². The van der Waals surface area contributed by atoms with Crippen molar-refractivity contribution in [2.24, 2.45) is 11.5 Å². The van der Waals surface area contributed by atoms with Gasteiger partial charge in [0.05, 0.1) is 5.56 Å². The summed E-state index contributed by atoms with van der Waals surface area (Å²) in [6, 6.07) is 15.0. The van der Waals surface area contributed by atoms with E-state index < -0.39 is 11.8 Å². The quantitative estimate of drug-likeness (QED) is 0.594. The smallest absolute Gasteiger partial charge is 0.249 e. The number of rotatable bonds is 2. The molecule has 3 aromatic carbocycles. The van der Waals surface area contributed by atoms with Crippen molar-refractivity contribution in [1.82, 2.24) is 0 Å². The van der Waals surface area contributed by atoms with Crippen molar-refractivity contribution in [3.63, 3.8) is 0 Å². The van der Waals surface area contributed by atoms with Gasteiger partial charge in [-0.1, -0.05) is 30.3 Å². The summed E-state index contributed by atoms with van der Waals surface area (Å²) < 4.78 is 0. The molecule has 0 fully saturated rings. The molecule has 0 heterocycles. The molecule has 4 N–H and O–H groups in total. The lowest BCUT2D eigenvalue weighted by Gasteiger charge is -2.13. The summed E-state index contributed by atoms with van der Waals surface area (Å²) in [4.78, 5) is 23.4. The molecule has 22 heavy (non-hydrogen) atoms. The Morgan fingerprint density at radius 2 is 1.45 bits per heavy atom. The van der Waals surface area contributed by atoms with Crippen LogP contribution in [0.2, 0.25) is 0 Å². The lowest BCUT2D eigenvalue weighted by atomic mass is 9.90. The molecule has 0 unspecified atom stereocenters. The highest BCUT2D eigenvalue weighted by atomic mass is 16.1. The SMILES string of the molecule is NC(=O)c1ccc2c3c(C(N)=O)c(cc2c1)-c1ccc-3cc1. The molecule has 2 aliphatic rings. The first kappa shape index (κ1) is 12.6. The van der Waals surface area contributed by atoms with E-state index in [1.807, 2.05) is 36.4 Å². The number of nitrogens with two attached hydrogens (primary N) is 2. The van der Waals surface area contributed by atoms with Crippen LogP contribution in [0.25, 0.3) is 33.0 Å². The molecule has 0 aromatic heterocycles. The number of amides is 2. The Morgan fingerprint density at radius 3 is 2.09 bits per heavy atom. The molecule has 4 heteroatoms.